The molecule has 0 heterocycles. The van der Waals surface area contributed by atoms with Gasteiger partial charge in [-0.15, -0.1) is 0 Å². The van der Waals surface area contributed by atoms with Crippen molar-refractivity contribution in [1.29, 1.82) is 0 Å². The third-order valence-corrected chi connectivity index (χ3v) is 6.28. The number of nitrogens with one attached hydrogen (secondary N) is 2. The van der Waals surface area contributed by atoms with Crippen LogP contribution in [0, 0.1) is 35.0 Å². The van der Waals surface area contributed by atoms with E-state index in [1.54, 1.807) is 6.92 Å². The first-order valence-electron chi connectivity index (χ1n) is 10.6. The molecule has 6 heteroatoms. The second-order valence-corrected chi connectivity index (χ2v) is 9.92. The lowest BCUT2D eigenvalue weighted by atomic mass is 9.65. The summed E-state index contributed by atoms with van der Waals surface area (Å²) >= 11 is 0. The van der Waals surface area contributed by atoms with E-state index in [2.05, 4.69) is 31.4 Å². The molecule has 1 saturated carbocycles. The quantitative estimate of drug-likeness (QED) is 0.585. The number of hydrogen-bond donors (Lipinski definition) is 3. The third-order valence-electron chi connectivity index (χ3n) is 6.28. The highest BCUT2D eigenvalue weighted by Gasteiger charge is 2.42. The number of carbonyl (C=O) groups is 3. The van der Waals surface area contributed by atoms with Crippen LogP contribution in [0.4, 0.5) is 0 Å². The number of rotatable bonds is 8. The van der Waals surface area contributed by atoms with Crippen molar-refractivity contribution in [1.82, 2.24) is 10.6 Å². The minimum Gasteiger partial charge on any atom is -0.481 e. The average molecular weight is 397 g/mol. The molecule has 162 valence electrons. The molecule has 1 aliphatic rings. The van der Waals surface area contributed by atoms with E-state index >= 15 is 0 Å². The first kappa shape index (κ1) is 24.4. The standard InChI is InChI=1S/C22H40N2O4/c1-13(2)12-17(20(26)24-14(3)19(25)23-7)18(21(27)28)15-8-10-16(11-9-15)22(4,5)6/h13-18H,8-12H2,1-7H3,(H,23,25)(H,24,26)(H,27,28)/t14-,15?,16?,17?,18-/m0/s1. The Hall–Kier alpha value is -1.59. The molecule has 0 aromatic carbocycles. The van der Waals surface area contributed by atoms with Gasteiger partial charge in [0.1, 0.15) is 6.04 Å². The highest BCUT2D eigenvalue weighted by molar-refractivity contribution is 5.90. The van der Waals surface area contributed by atoms with Crippen molar-refractivity contribution in [2.75, 3.05) is 7.05 Å². The van der Waals surface area contributed by atoms with E-state index in [1.165, 1.54) is 7.05 Å². The Balaban J connectivity index is 2.99. The molecule has 28 heavy (non-hydrogen) atoms. The predicted molar refractivity (Wildman–Crippen MR) is 111 cm³/mol. The van der Waals surface area contributed by atoms with Gasteiger partial charge in [0, 0.05) is 7.05 Å². The molecule has 0 aromatic heterocycles. The molecule has 1 aliphatic carbocycles. The summed E-state index contributed by atoms with van der Waals surface area (Å²) in [7, 11) is 1.52. The fraction of sp³-hybridized carbons (Fsp3) is 0.864. The minimum absolute atomic E-state index is 0.000841. The first-order valence-corrected chi connectivity index (χ1v) is 10.6. The first-order chi connectivity index (χ1) is 12.9. The number of amides is 2. The number of likely N-dealkylation sites (N-methyl/N-ethyl adjacent to an activating group) is 1. The van der Waals surface area contributed by atoms with Gasteiger partial charge < -0.3 is 15.7 Å². The molecule has 0 bridgehead atoms. The molecule has 0 saturated heterocycles. The summed E-state index contributed by atoms with van der Waals surface area (Å²) in [5, 5.41) is 15.3. The number of aliphatic carboxylic acids is 1. The minimum atomic E-state index is -0.896. The normalized spacial score (nSPS) is 23.6. The summed E-state index contributed by atoms with van der Waals surface area (Å²) in [5.41, 5.74) is 0.224. The van der Waals surface area contributed by atoms with Crippen LogP contribution in [0.2, 0.25) is 0 Å². The maximum absolute atomic E-state index is 13.0. The Labute approximate surface area is 170 Å². The number of carbonyl (C=O) groups excluding carboxylic acids is 2. The van der Waals surface area contributed by atoms with Gasteiger partial charge in [-0.3, -0.25) is 14.4 Å². The van der Waals surface area contributed by atoms with Gasteiger partial charge in [-0.05, 0) is 62.2 Å². The lowest BCUT2D eigenvalue weighted by molar-refractivity contribution is -0.151. The molecule has 3 N–H and O–H groups in total. The van der Waals surface area contributed by atoms with Gasteiger partial charge in [-0.1, -0.05) is 34.6 Å². The van der Waals surface area contributed by atoms with Gasteiger partial charge >= 0.3 is 5.97 Å². The van der Waals surface area contributed by atoms with Crippen molar-refractivity contribution in [3.05, 3.63) is 0 Å². The molecule has 1 unspecified atom stereocenters. The lowest BCUT2D eigenvalue weighted by Crippen LogP contribution is -2.49. The van der Waals surface area contributed by atoms with Gasteiger partial charge in [0.15, 0.2) is 0 Å². The van der Waals surface area contributed by atoms with Gasteiger partial charge in [0.2, 0.25) is 11.8 Å². The molecule has 0 spiro atoms. The maximum atomic E-state index is 13.0. The SMILES string of the molecule is CNC(=O)[C@H](C)NC(=O)C(CC(C)C)[C@@H](C(=O)O)C1CCC(C(C)(C)C)CC1. The molecule has 1 fully saturated rings. The van der Waals surface area contributed by atoms with Crippen molar-refractivity contribution in [2.24, 2.45) is 35.0 Å². The maximum Gasteiger partial charge on any atom is 0.307 e. The van der Waals surface area contributed by atoms with Crippen LogP contribution in [0.3, 0.4) is 0 Å². The summed E-state index contributed by atoms with van der Waals surface area (Å²) in [6, 6.07) is -0.682. The summed E-state index contributed by atoms with van der Waals surface area (Å²) in [6.07, 6.45) is 4.19. The summed E-state index contributed by atoms with van der Waals surface area (Å²) in [4.78, 5) is 37.0. The van der Waals surface area contributed by atoms with Gasteiger partial charge in [-0.2, -0.15) is 0 Å². The Kier molecular flexibility index (Phi) is 8.96. The molecular weight excluding hydrogens is 356 g/mol. The second-order valence-electron chi connectivity index (χ2n) is 9.92. The molecule has 0 radical (unpaired) electrons. The van der Waals surface area contributed by atoms with Crippen molar-refractivity contribution in [3.63, 3.8) is 0 Å². The Morgan fingerprint density at radius 1 is 1.00 bits per heavy atom. The van der Waals surface area contributed by atoms with E-state index < -0.39 is 23.8 Å². The van der Waals surface area contributed by atoms with Crippen LogP contribution in [0.15, 0.2) is 0 Å². The smallest absolute Gasteiger partial charge is 0.307 e. The van der Waals surface area contributed by atoms with E-state index in [1.807, 2.05) is 13.8 Å². The molecule has 6 nitrogen and oxygen atoms in total. The Morgan fingerprint density at radius 3 is 1.93 bits per heavy atom. The molecule has 3 atom stereocenters. The zero-order valence-electron chi connectivity index (χ0n) is 18.7. The van der Waals surface area contributed by atoms with Crippen LogP contribution in [-0.2, 0) is 14.4 Å². The zero-order chi connectivity index (χ0) is 21.6. The van der Waals surface area contributed by atoms with Crippen LogP contribution in [0.5, 0.6) is 0 Å². The zero-order valence-corrected chi connectivity index (χ0v) is 18.7. The average Bonchev–Trinajstić information content (AvgIpc) is 2.59. The Bertz CT molecular complexity index is 545. The fourth-order valence-electron chi connectivity index (χ4n) is 4.57. The Morgan fingerprint density at radius 2 is 1.54 bits per heavy atom. The van der Waals surface area contributed by atoms with E-state index in [4.69, 9.17) is 0 Å². The number of carboxylic acids is 1. The van der Waals surface area contributed by atoms with Gasteiger partial charge in [0.05, 0.1) is 11.8 Å². The van der Waals surface area contributed by atoms with Crippen molar-refractivity contribution >= 4 is 17.8 Å². The molecule has 0 aliphatic heterocycles. The number of hydrogen-bond acceptors (Lipinski definition) is 3. The lowest BCUT2D eigenvalue weighted by Gasteiger charge is -2.40. The predicted octanol–water partition coefficient (Wildman–Crippen LogP) is 3.45. The largest absolute Gasteiger partial charge is 0.481 e. The highest BCUT2D eigenvalue weighted by Crippen LogP contribution is 2.44. The van der Waals surface area contributed by atoms with E-state index in [0.717, 1.165) is 25.7 Å². The monoisotopic (exact) mass is 396 g/mol. The molecule has 2 amide bonds. The summed E-state index contributed by atoms with van der Waals surface area (Å²) < 4.78 is 0. The van der Waals surface area contributed by atoms with Gasteiger partial charge in [-0.25, -0.2) is 0 Å². The van der Waals surface area contributed by atoms with Crippen LogP contribution in [-0.4, -0.2) is 36.0 Å². The van der Waals surface area contributed by atoms with Gasteiger partial charge in [0.25, 0.3) is 0 Å². The molecular formula is C22H40N2O4. The number of carboxylic acid groups (broad SMARTS) is 1. The highest BCUT2D eigenvalue weighted by atomic mass is 16.4. The van der Waals surface area contributed by atoms with Crippen LogP contribution < -0.4 is 10.6 Å². The van der Waals surface area contributed by atoms with Crippen LogP contribution in [0.25, 0.3) is 0 Å². The third kappa shape index (κ3) is 6.78. The summed E-state index contributed by atoms with van der Waals surface area (Å²) in [6.45, 7) is 12.3. The van der Waals surface area contributed by atoms with Crippen molar-refractivity contribution < 1.29 is 19.5 Å². The van der Waals surface area contributed by atoms with Crippen molar-refractivity contribution in [3.8, 4) is 0 Å². The van der Waals surface area contributed by atoms with Crippen molar-refractivity contribution in [2.45, 2.75) is 79.7 Å². The van der Waals surface area contributed by atoms with Crippen LogP contribution >= 0.6 is 0 Å². The second kappa shape index (κ2) is 10.3. The van der Waals surface area contributed by atoms with E-state index in [9.17, 15) is 19.5 Å². The van der Waals surface area contributed by atoms with E-state index in [-0.39, 0.29) is 29.1 Å². The molecule has 1 rings (SSSR count). The summed E-state index contributed by atoms with van der Waals surface area (Å²) in [5.74, 6) is -2.05. The fourth-order valence-corrected chi connectivity index (χ4v) is 4.57. The van der Waals surface area contributed by atoms with Crippen LogP contribution in [0.1, 0.15) is 73.6 Å². The molecule has 0 aromatic rings. The van der Waals surface area contributed by atoms with E-state index in [0.29, 0.717) is 12.3 Å². The topological polar surface area (TPSA) is 95.5 Å².